The van der Waals surface area contributed by atoms with E-state index in [1.165, 1.54) is 0 Å². The number of carbonyl (C=O) groups excluding carboxylic acids is 1. The number of anilines is 1. The van der Waals surface area contributed by atoms with Gasteiger partial charge in [-0.25, -0.2) is 0 Å². The Morgan fingerprint density at radius 1 is 1.30 bits per heavy atom. The van der Waals surface area contributed by atoms with E-state index in [-0.39, 0.29) is 17.6 Å². The number of hydrogen-bond donors (Lipinski definition) is 1. The molecule has 0 fully saturated rings. The van der Waals surface area contributed by atoms with Crippen LogP contribution in [0.3, 0.4) is 0 Å². The van der Waals surface area contributed by atoms with E-state index >= 15 is 0 Å². The van der Waals surface area contributed by atoms with Crippen molar-refractivity contribution >= 4 is 31.1 Å². The molecule has 7 heteroatoms. The highest BCUT2D eigenvalue weighted by Gasteiger charge is 2.33. The maximum absolute atomic E-state index is 12.5. The molecular formula is C16H24N2O3Si2. The number of nitrogens with two attached hydrogens (primary N) is 1. The summed E-state index contributed by atoms with van der Waals surface area (Å²) in [6.07, 6.45) is 0.590. The second kappa shape index (κ2) is 7.61. The van der Waals surface area contributed by atoms with E-state index in [0.717, 1.165) is 17.5 Å². The highest BCUT2D eigenvalue weighted by atomic mass is 28.2. The molecule has 0 saturated carbocycles. The SMILES string of the molecule is C[Si]OC(O[Si]C)C(C)(C)CCN1Cc2cc(N)ccc2C1=O. The molecule has 0 saturated heterocycles. The molecule has 1 heterocycles. The summed E-state index contributed by atoms with van der Waals surface area (Å²) in [6.45, 7) is 9.57. The number of fused-ring (bicyclic) bond motifs is 1. The van der Waals surface area contributed by atoms with Crippen molar-refractivity contribution < 1.29 is 13.6 Å². The first-order chi connectivity index (χ1) is 10.9. The molecule has 1 aromatic carbocycles. The monoisotopic (exact) mass is 348 g/mol. The minimum atomic E-state index is -0.232. The smallest absolute Gasteiger partial charge is 0.254 e. The Morgan fingerprint density at radius 3 is 2.57 bits per heavy atom. The van der Waals surface area contributed by atoms with Crippen LogP contribution in [0.2, 0.25) is 13.1 Å². The van der Waals surface area contributed by atoms with Gasteiger partial charge in [-0.1, -0.05) is 13.8 Å². The first-order valence-corrected chi connectivity index (χ1v) is 10.5. The summed E-state index contributed by atoms with van der Waals surface area (Å²) < 4.78 is 11.5. The lowest BCUT2D eigenvalue weighted by molar-refractivity contribution is -0.0838. The van der Waals surface area contributed by atoms with Crippen molar-refractivity contribution in [3.05, 3.63) is 29.3 Å². The predicted molar refractivity (Wildman–Crippen MR) is 93.2 cm³/mol. The van der Waals surface area contributed by atoms with E-state index in [1.54, 1.807) is 6.07 Å². The van der Waals surface area contributed by atoms with Crippen LogP contribution in [0.1, 0.15) is 36.2 Å². The van der Waals surface area contributed by atoms with Gasteiger partial charge in [0.1, 0.15) is 6.29 Å². The average molecular weight is 349 g/mol. The summed E-state index contributed by atoms with van der Waals surface area (Å²) in [4.78, 5) is 14.4. The van der Waals surface area contributed by atoms with E-state index in [4.69, 9.17) is 14.6 Å². The molecule has 0 bridgehead atoms. The molecule has 0 aliphatic carbocycles. The molecule has 1 aliphatic heterocycles. The normalized spacial score (nSPS) is 14.7. The van der Waals surface area contributed by atoms with Crippen LogP contribution in [-0.4, -0.2) is 43.2 Å². The average Bonchev–Trinajstić information content (AvgIpc) is 2.81. The summed E-state index contributed by atoms with van der Waals surface area (Å²) in [7, 11) is 0.771. The summed E-state index contributed by atoms with van der Waals surface area (Å²) in [5.41, 5.74) is 8.14. The van der Waals surface area contributed by atoms with Crippen molar-refractivity contribution in [3.63, 3.8) is 0 Å². The molecule has 1 aliphatic rings. The van der Waals surface area contributed by atoms with Crippen LogP contribution in [0.5, 0.6) is 0 Å². The zero-order valence-electron chi connectivity index (χ0n) is 14.2. The third-order valence-electron chi connectivity index (χ3n) is 4.12. The number of hydrogen-bond acceptors (Lipinski definition) is 4. The van der Waals surface area contributed by atoms with Crippen molar-refractivity contribution in [1.29, 1.82) is 0 Å². The summed E-state index contributed by atoms with van der Waals surface area (Å²) in [6, 6.07) is 5.50. The van der Waals surface area contributed by atoms with Gasteiger partial charge < -0.3 is 19.5 Å². The van der Waals surface area contributed by atoms with Gasteiger partial charge in [0, 0.05) is 29.8 Å². The van der Waals surface area contributed by atoms with Gasteiger partial charge in [0.25, 0.3) is 5.91 Å². The molecule has 1 aromatic rings. The Kier molecular flexibility index (Phi) is 6.02. The molecule has 0 aromatic heterocycles. The van der Waals surface area contributed by atoms with Crippen LogP contribution in [0.4, 0.5) is 5.69 Å². The number of carbonyl (C=O) groups is 1. The highest BCUT2D eigenvalue weighted by molar-refractivity contribution is 6.26. The maximum atomic E-state index is 12.5. The van der Waals surface area contributed by atoms with Crippen LogP contribution < -0.4 is 5.73 Å². The van der Waals surface area contributed by atoms with Gasteiger partial charge in [0.05, 0.1) is 0 Å². The molecule has 23 heavy (non-hydrogen) atoms. The summed E-state index contributed by atoms with van der Waals surface area (Å²) in [5.74, 6) is 0.0870. The van der Waals surface area contributed by atoms with Crippen molar-refractivity contribution in [2.45, 2.75) is 46.2 Å². The van der Waals surface area contributed by atoms with E-state index in [0.29, 0.717) is 38.3 Å². The van der Waals surface area contributed by atoms with Crippen LogP contribution in [0.15, 0.2) is 18.2 Å². The lowest BCUT2D eigenvalue weighted by atomic mass is 9.88. The summed E-state index contributed by atoms with van der Waals surface area (Å²) >= 11 is 0. The number of rotatable bonds is 8. The lowest BCUT2D eigenvalue weighted by Crippen LogP contribution is -2.39. The molecule has 0 spiro atoms. The third-order valence-corrected chi connectivity index (χ3v) is 5.02. The predicted octanol–water partition coefficient (Wildman–Crippen LogP) is 2.33. The van der Waals surface area contributed by atoms with Crippen LogP contribution >= 0.6 is 0 Å². The molecule has 1 amide bonds. The minimum Gasteiger partial charge on any atom is -0.399 e. The Morgan fingerprint density at radius 2 is 1.96 bits per heavy atom. The second-order valence-electron chi connectivity index (χ2n) is 6.36. The molecule has 2 N–H and O–H groups in total. The van der Waals surface area contributed by atoms with Gasteiger partial charge >= 0.3 is 0 Å². The van der Waals surface area contributed by atoms with E-state index < -0.39 is 0 Å². The standard InChI is InChI=1S/C16H24N2O3Si2/c1-16(2,15(20-22-3)21-23-4)7-8-18-10-11-9-12(17)5-6-13(11)14(18)19/h5-6,9,15H,7-8,10,17H2,1-4H3. The van der Waals surface area contributed by atoms with E-state index in [2.05, 4.69) is 13.8 Å². The third kappa shape index (κ3) is 4.23. The summed E-state index contributed by atoms with van der Waals surface area (Å²) in [5, 5.41) is 0. The van der Waals surface area contributed by atoms with Crippen molar-refractivity contribution in [1.82, 2.24) is 4.90 Å². The first kappa shape index (κ1) is 18.2. The molecule has 0 unspecified atom stereocenters. The lowest BCUT2D eigenvalue weighted by Gasteiger charge is -2.35. The van der Waals surface area contributed by atoms with Gasteiger partial charge in [-0.2, -0.15) is 0 Å². The van der Waals surface area contributed by atoms with Crippen LogP contribution in [-0.2, 0) is 15.4 Å². The topological polar surface area (TPSA) is 64.8 Å². The number of benzene rings is 1. The minimum absolute atomic E-state index is 0.0870. The Labute approximate surface area is 143 Å². The van der Waals surface area contributed by atoms with Crippen molar-refractivity contribution in [2.75, 3.05) is 12.3 Å². The quantitative estimate of drug-likeness (QED) is 0.445. The number of amides is 1. The largest absolute Gasteiger partial charge is 0.399 e. The van der Waals surface area contributed by atoms with Crippen LogP contribution in [0.25, 0.3) is 0 Å². The van der Waals surface area contributed by atoms with Gasteiger partial charge in [-0.15, -0.1) is 0 Å². The van der Waals surface area contributed by atoms with Crippen molar-refractivity contribution in [3.8, 4) is 0 Å². The van der Waals surface area contributed by atoms with E-state index in [1.807, 2.05) is 30.1 Å². The fraction of sp³-hybridized carbons (Fsp3) is 0.562. The molecule has 124 valence electrons. The number of nitrogen functional groups attached to an aromatic ring is 1. The molecule has 5 nitrogen and oxygen atoms in total. The van der Waals surface area contributed by atoms with Gasteiger partial charge in [-0.3, -0.25) is 4.79 Å². The molecule has 0 atom stereocenters. The number of nitrogens with zero attached hydrogens (tertiary/aromatic N) is 1. The Hall–Kier alpha value is -1.16. The van der Waals surface area contributed by atoms with Crippen molar-refractivity contribution in [2.24, 2.45) is 5.41 Å². The van der Waals surface area contributed by atoms with Gasteiger partial charge in [0.15, 0.2) is 0 Å². The second-order valence-corrected chi connectivity index (χ2v) is 7.65. The maximum Gasteiger partial charge on any atom is 0.254 e. The van der Waals surface area contributed by atoms with Crippen LogP contribution in [0, 0.1) is 5.41 Å². The zero-order chi connectivity index (χ0) is 17.0. The molecule has 2 rings (SSSR count). The molecule has 4 radical (unpaired) electrons. The molecular weight excluding hydrogens is 324 g/mol. The van der Waals surface area contributed by atoms with Gasteiger partial charge in [0.2, 0.25) is 19.5 Å². The first-order valence-electron chi connectivity index (χ1n) is 7.71. The van der Waals surface area contributed by atoms with Gasteiger partial charge in [-0.05, 0) is 43.3 Å². The fourth-order valence-corrected chi connectivity index (χ4v) is 3.94. The zero-order valence-corrected chi connectivity index (χ0v) is 16.2. The fourth-order valence-electron chi connectivity index (χ4n) is 2.68. The Bertz CT molecular complexity index is 560. The highest BCUT2D eigenvalue weighted by Crippen LogP contribution is 2.31. The van der Waals surface area contributed by atoms with E-state index in [9.17, 15) is 4.79 Å². The Balaban J connectivity index is 1.99.